The zero-order valence-electron chi connectivity index (χ0n) is 8.32. The smallest absolute Gasteiger partial charge is 0.321 e. The second kappa shape index (κ2) is 3.86. The van der Waals surface area contributed by atoms with Gasteiger partial charge >= 0.3 is 5.97 Å². The number of aliphatic hydroxyl groups is 2. The Hall–Kier alpha value is -1.26. The van der Waals surface area contributed by atoms with Gasteiger partial charge in [-0.25, -0.2) is 0 Å². The largest absolute Gasteiger partial charge is 0.439 e. The Bertz CT molecular complexity index is 323. The highest BCUT2D eigenvalue weighted by Gasteiger charge is 2.22. The van der Waals surface area contributed by atoms with Crippen molar-refractivity contribution in [2.75, 3.05) is 5.73 Å². The highest BCUT2D eigenvalue weighted by Crippen LogP contribution is 2.22. The van der Waals surface area contributed by atoms with E-state index in [-0.39, 0.29) is 6.42 Å². The predicted molar refractivity (Wildman–Crippen MR) is 53.7 cm³/mol. The molecule has 0 spiro atoms. The first-order valence-corrected chi connectivity index (χ1v) is 4.44. The number of nitrogens with two attached hydrogens (primary N) is 1. The number of nitrogen functional groups attached to an aromatic ring is 1. The Labute approximate surface area is 82.9 Å². The summed E-state index contributed by atoms with van der Waals surface area (Å²) in [4.78, 5) is 0. The SMILES string of the molecule is CCC(O)(O)Oc1ccc(C)c(N)c1. The lowest BCUT2D eigenvalue weighted by molar-refractivity contribution is -0.292. The van der Waals surface area contributed by atoms with Gasteiger partial charge in [0.05, 0.1) is 0 Å². The van der Waals surface area contributed by atoms with Gasteiger partial charge in [0.2, 0.25) is 0 Å². The van der Waals surface area contributed by atoms with Gasteiger partial charge in [-0.3, -0.25) is 0 Å². The van der Waals surface area contributed by atoms with Crippen LogP contribution in [0.2, 0.25) is 0 Å². The van der Waals surface area contributed by atoms with Crippen molar-refractivity contribution in [3.8, 4) is 5.75 Å². The minimum absolute atomic E-state index is 0.0841. The lowest BCUT2D eigenvalue weighted by atomic mass is 10.2. The fraction of sp³-hybridized carbons (Fsp3) is 0.400. The van der Waals surface area contributed by atoms with Crippen molar-refractivity contribution in [1.29, 1.82) is 0 Å². The van der Waals surface area contributed by atoms with Crippen molar-refractivity contribution in [1.82, 2.24) is 0 Å². The van der Waals surface area contributed by atoms with Gasteiger partial charge in [-0.2, -0.15) is 0 Å². The summed E-state index contributed by atoms with van der Waals surface area (Å²) in [6.07, 6.45) is 0.0841. The fourth-order valence-electron chi connectivity index (χ4n) is 0.943. The first-order chi connectivity index (χ1) is 6.44. The van der Waals surface area contributed by atoms with Crippen molar-refractivity contribution in [2.45, 2.75) is 26.2 Å². The third-order valence-corrected chi connectivity index (χ3v) is 1.99. The summed E-state index contributed by atoms with van der Waals surface area (Å²) >= 11 is 0. The summed E-state index contributed by atoms with van der Waals surface area (Å²) in [6, 6.07) is 4.96. The first kappa shape index (κ1) is 10.8. The second-order valence-electron chi connectivity index (χ2n) is 3.22. The molecule has 0 bridgehead atoms. The van der Waals surface area contributed by atoms with Crippen molar-refractivity contribution in [3.63, 3.8) is 0 Å². The molecule has 0 aliphatic rings. The number of hydrogen-bond acceptors (Lipinski definition) is 4. The minimum atomic E-state index is -2.12. The number of rotatable bonds is 3. The van der Waals surface area contributed by atoms with Crippen LogP contribution in [-0.4, -0.2) is 16.2 Å². The Morgan fingerprint density at radius 2 is 2.07 bits per heavy atom. The number of benzene rings is 1. The van der Waals surface area contributed by atoms with Crippen LogP contribution >= 0.6 is 0 Å². The van der Waals surface area contributed by atoms with E-state index >= 15 is 0 Å². The van der Waals surface area contributed by atoms with Crippen molar-refractivity contribution >= 4 is 5.69 Å². The lowest BCUT2D eigenvalue weighted by Gasteiger charge is -2.21. The third kappa shape index (κ3) is 2.61. The number of ether oxygens (including phenoxy) is 1. The minimum Gasteiger partial charge on any atom is -0.439 e. The third-order valence-electron chi connectivity index (χ3n) is 1.99. The molecule has 0 aliphatic heterocycles. The maximum absolute atomic E-state index is 9.23. The molecule has 1 rings (SSSR count). The van der Waals surface area contributed by atoms with Crippen LogP contribution in [0.15, 0.2) is 18.2 Å². The van der Waals surface area contributed by atoms with Crippen LogP contribution in [-0.2, 0) is 0 Å². The molecule has 0 amide bonds. The highest BCUT2D eigenvalue weighted by molar-refractivity contribution is 5.50. The molecule has 78 valence electrons. The monoisotopic (exact) mass is 197 g/mol. The zero-order chi connectivity index (χ0) is 10.8. The van der Waals surface area contributed by atoms with Crippen LogP contribution in [0.25, 0.3) is 0 Å². The van der Waals surface area contributed by atoms with Gasteiger partial charge in [0.1, 0.15) is 5.75 Å². The molecule has 0 heterocycles. The molecule has 4 nitrogen and oxygen atoms in total. The summed E-state index contributed by atoms with van der Waals surface area (Å²) in [5.41, 5.74) is 7.13. The molecule has 1 aromatic carbocycles. The number of aryl methyl sites for hydroxylation is 1. The molecule has 0 atom stereocenters. The summed E-state index contributed by atoms with van der Waals surface area (Å²) < 4.78 is 4.92. The van der Waals surface area contributed by atoms with E-state index in [1.807, 2.05) is 6.92 Å². The molecule has 14 heavy (non-hydrogen) atoms. The highest BCUT2D eigenvalue weighted by atomic mass is 16.8. The van der Waals surface area contributed by atoms with Gasteiger partial charge in [-0.05, 0) is 18.6 Å². The Morgan fingerprint density at radius 3 is 2.57 bits per heavy atom. The van der Waals surface area contributed by atoms with Crippen LogP contribution in [0.4, 0.5) is 5.69 Å². The Morgan fingerprint density at radius 1 is 1.43 bits per heavy atom. The van der Waals surface area contributed by atoms with Crippen molar-refractivity contribution in [3.05, 3.63) is 23.8 Å². The molecule has 0 aliphatic carbocycles. The predicted octanol–water partition coefficient (Wildman–Crippen LogP) is 1.00. The van der Waals surface area contributed by atoms with Crippen LogP contribution in [0, 0.1) is 6.92 Å². The van der Waals surface area contributed by atoms with E-state index in [0.717, 1.165) is 5.56 Å². The standard InChI is InChI=1S/C10H15NO3/c1-3-10(12,13)14-8-5-4-7(2)9(11)6-8/h4-6,12-13H,3,11H2,1-2H3. The fourth-order valence-corrected chi connectivity index (χ4v) is 0.943. The maximum Gasteiger partial charge on any atom is 0.321 e. The summed E-state index contributed by atoms with van der Waals surface area (Å²) in [7, 11) is 0. The van der Waals surface area contributed by atoms with Crippen molar-refractivity contribution in [2.24, 2.45) is 0 Å². The van der Waals surface area contributed by atoms with E-state index in [0.29, 0.717) is 11.4 Å². The maximum atomic E-state index is 9.23. The molecule has 0 unspecified atom stereocenters. The molecule has 0 saturated heterocycles. The van der Waals surface area contributed by atoms with Gasteiger partial charge in [-0.15, -0.1) is 0 Å². The van der Waals surface area contributed by atoms with Crippen LogP contribution in [0.5, 0.6) is 5.75 Å². The molecule has 0 fully saturated rings. The number of anilines is 1. The van der Waals surface area contributed by atoms with Gasteiger partial charge in [0.15, 0.2) is 0 Å². The van der Waals surface area contributed by atoms with Gasteiger partial charge in [0, 0.05) is 18.2 Å². The summed E-state index contributed by atoms with van der Waals surface area (Å²) in [5.74, 6) is -1.78. The topological polar surface area (TPSA) is 75.7 Å². The summed E-state index contributed by atoms with van der Waals surface area (Å²) in [5, 5.41) is 18.5. The van der Waals surface area contributed by atoms with Gasteiger partial charge in [0.25, 0.3) is 0 Å². The molecule has 1 aromatic rings. The second-order valence-corrected chi connectivity index (χ2v) is 3.22. The summed E-state index contributed by atoms with van der Waals surface area (Å²) in [6.45, 7) is 3.47. The van der Waals surface area contributed by atoms with Gasteiger partial charge in [-0.1, -0.05) is 13.0 Å². The quantitative estimate of drug-likeness (QED) is 0.499. The van der Waals surface area contributed by atoms with E-state index in [4.69, 9.17) is 10.5 Å². The van der Waals surface area contributed by atoms with Crippen LogP contribution in [0.1, 0.15) is 18.9 Å². The van der Waals surface area contributed by atoms with Crippen LogP contribution in [0.3, 0.4) is 0 Å². The van der Waals surface area contributed by atoms with Gasteiger partial charge < -0.3 is 20.7 Å². The van der Waals surface area contributed by atoms with E-state index in [1.165, 1.54) is 0 Å². The molecule has 4 N–H and O–H groups in total. The Balaban J connectivity index is 2.83. The molecular weight excluding hydrogens is 182 g/mol. The number of hydrogen-bond donors (Lipinski definition) is 3. The first-order valence-electron chi connectivity index (χ1n) is 4.44. The van der Waals surface area contributed by atoms with E-state index < -0.39 is 5.97 Å². The average Bonchev–Trinajstić information content (AvgIpc) is 2.11. The molecule has 0 aromatic heterocycles. The lowest BCUT2D eigenvalue weighted by Crippen LogP contribution is -2.34. The molecule has 0 saturated carbocycles. The molecule has 0 radical (unpaired) electrons. The van der Waals surface area contributed by atoms with Crippen LogP contribution < -0.4 is 10.5 Å². The average molecular weight is 197 g/mol. The normalized spacial score (nSPS) is 11.4. The Kier molecular flexibility index (Phi) is 2.98. The van der Waals surface area contributed by atoms with E-state index in [9.17, 15) is 10.2 Å². The van der Waals surface area contributed by atoms with E-state index in [2.05, 4.69) is 0 Å². The molecule has 4 heteroatoms. The van der Waals surface area contributed by atoms with E-state index in [1.54, 1.807) is 25.1 Å². The van der Waals surface area contributed by atoms with Crippen molar-refractivity contribution < 1.29 is 14.9 Å². The molecular formula is C10H15NO3. The zero-order valence-corrected chi connectivity index (χ0v) is 8.32.